The van der Waals surface area contributed by atoms with E-state index in [9.17, 15) is 9.90 Å². The van der Waals surface area contributed by atoms with E-state index in [1.54, 1.807) is 27.9 Å². The van der Waals surface area contributed by atoms with Crippen LogP contribution in [0, 0.1) is 5.41 Å². The Morgan fingerprint density at radius 3 is 2.17 bits per heavy atom. The van der Waals surface area contributed by atoms with Crippen molar-refractivity contribution in [2.24, 2.45) is 7.05 Å². The van der Waals surface area contributed by atoms with E-state index in [4.69, 9.17) is 10.4 Å². The SMILES string of the molecule is Br.Cn1nccc1-c1ccc2c(n1)C(=N)N(CC(=O)c1cc(C(C)(C)C)c(O)c(C(C)(C)C)c1)C2. The molecule has 3 heterocycles. The van der Waals surface area contributed by atoms with Crippen LogP contribution in [0.25, 0.3) is 11.4 Å². The summed E-state index contributed by atoms with van der Waals surface area (Å²) in [5.74, 6) is 0.420. The molecule has 0 radical (unpaired) electrons. The number of fused-ring (bicyclic) bond motifs is 1. The van der Waals surface area contributed by atoms with E-state index in [-0.39, 0.29) is 51.7 Å². The van der Waals surface area contributed by atoms with Gasteiger partial charge >= 0.3 is 0 Å². The lowest BCUT2D eigenvalue weighted by atomic mass is 9.78. The van der Waals surface area contributed by atoms with Gasteiger partial charge in [-0.1, -0.05) is 47.6 Å². The largest absolute Gasteiger partial charge is 0.507 e. The van der Waals surface area contributed by atoms with Crippen molar-refractivity contribution in [3.63, 3.8) is 0 Å². The van der Waals surface area contributed by atoms with Crippen molar-refractivity contribution in [3.05, 3.63) is 64.5 Å². The molecule has 0 fully saturated rings. The molecule has 1 aromatic carbocycles. The van der Waals surface area contributed by atoms with E-state index in [2.05, 4.69) is 5.10 Å². The van der Waals surface area contributed by atoms with Gasteiger partial charge in [0.2, 0.25) is 0 Å². The number of nitrogens with zero attached hydrogens (tertiary/aromatic N) is 4. The average molecular weight is 541 g/mol. The number of aromatic hydroxyl groups is 1. The number of ketones is 1. The van der Waals surface area contributed by atoms with Crippen LogP contribution in [-0.2, 0) is 24.4 Å². The number of benzene rings is 1. The molecule has 7 nitrogen and oxygen atoms in total. The number of aryl methyl sites for hydroxylation is 1. The second kappa shape index (κ2) is 9.22. The van der Waals surface area contributed by atoms with Crippen molar-refractivity contribution >= 4 is 28.6 Å². The maximum Gasteiger partial charge on any atom is 0.182 e. The molecule has 8 heteroatoms. The smallest absolute Gasteiger partial charge is 0.182 e. The first-order chi connectivity index (χ1) is 15.8. The van der Waals surface area contributed by atoms with Crippen LogP contribution in [-0.4, -0.2) is 42.9 Å². The summed E-state index contributed by atoms with van der Waals surface area (Å²) >= 11 is 0. The Labute approximate surface area is 217 Å². The Kier molecular flexibility index (Phi) is 7.01. The summed E-state index contributed by atoms with van der Waals surface area (Å²) in [5, 5.41) is 23.8. The minimum atomic E-state index is -0.316. The number of carbonyl (C=O) groups excluding carboxylic acids is 1. The molecule has 4 rings (SSSR count). The quantitative estimate of drug-likeness (QED) is 0.433. The molecule has 0 unspecified atom stereocenters. The van der Waals surface area contributed by atoms with Gasteiger partial charge in [0.25, 0.3) is 0 Å². The molecule has 0 spiro atoms. The van der Waals surface area contributed by atoms with Crippen LogP contribution >= 0.6 is 17.0 Å². The first-order valence-electron chi connectivity index (χ1n) is 11.5. The van der Waals surface area contributed by atoms with E-state index in [0.717, 1.165) is 28.1 Å². The summed E-state index contributed by atoms with van der Waals surface area (Å²) in [5.41, 5.74) is 4.59. The highest BCUT2D eigenvalue weighted by Gasteiger charge is 2.31. The molecular formula is C27H34BrN5O2. The zero-order valence-corrected chi connectivity index (χ0v) is 23.1. The van der Waals surface area contributed by atoms with Crippen LogP contribution in [0.2, 0.25) is 0 Å². The maximum atomic E-state index is 13.4. The van der Waals surface area contributed by atoms with Gasteiger partial charge in [-0.15, -0.1) is 17.0 Å². The average Bonchev–Trinajstić information content (AvgIpc) is 3.29. The summed E-state index contributed by atoms with van der Waals surface area (Å²) in [7, 11) is 1.86. The van der Waals surface area contributed by atoms with Crippen molar-refractivity contribution in [3.8, 4) is 17.1 Å². The van der Waals surface area contributed by atoms with Crippen LogP contribution in [0.4, 0.5) is 0 Å². The number of pyridine rings is 1. The zero-order valence-electron chi connectivity index (χ0n) is 21.4. The molecule has 0 saturated carbocycles. The molecular weight excluding hydrogens is 506 g/mol. The fourth-order valence-electron chi connectivity index (χ4n) is 4.36. The molecule has 1 aliphatic heterocycles. The van der Waals surface area contributed by atoms with Crippen molar-refractivity contribution in [1.29, 1.82) is 5.41 Å². The minimum absolute atomic E-state index is 0. The highest BCUT2D eigenvalue weighted by Crippen LogP contribution is 2.40. The lowest BCUT2D eigenvalue weighted by Crippen LogP contribution is -2.31. The summed E-state index contributed by atoms with van der Waals surface area (Å²) in [6, 6.07) is 9.40. The van der Waals surface area contributed by atoms with Gasteiger partial charge in [0.15, 0.2) is 5.78 Å². The van der Waals surface area contributed by atoms with Gasteiger partial charge in [0.1, 0.15) is 17.3 Å². The number of rotatable bonds is 4. The number of hydrogen-bond acceptors (Lipinski definition) is 5. The number of phenolic OH excluding ortho intramolecular Hbond substituents is 1. The van der Waals surface area contributed by atoms with Crippen LogP contribution in [0.15, 0.2) is 36.5 Å². The van der Waals surface area contributed by atoms with Crippen molar-refractivity contribution in [2.45, 2.75) is 58.9 Å². The number of hydrogen-bond donors (Lipinski definition) is 2. The first kappa shape index (κ1) is 26.6. The molecule has 0 aliphatic carbocycles. The number of halogens is 1. The molecule has 1 aliphatic rings. The lowest BCUT2D eigenvalue weighted by Gasteiger charge is -2.28. The Hall–Kier alpha value is -3.00. The normalized spacial score (nSPS) is 13.6. The Morgan fingerprint density at radius 2 is 1.66 bits per heavy atom. The predicted molar refractivity (Wildman–Crippen MR) is 144 cm³/mol. The van der Waals surface area contributed by atoms with Gasteiger partial charge in [0.05, 0.1) is 17.9 Å². The fraction of sp³-hybridized carbons (Fsp3) is 0.407. The first-order valence-corrected chi connectivity index (χ1v) is 11.5. The fourth-order valence-corrected chi connectivity index (χ4v) is 4.36. The van der Waals surface area contributed by atoms with Gasteiger partial charge in [0, 0.05) is 42.0 Å². The Bertz CT molecular complexity index is 1260. The van der Waals surface area contributed by atoms with Crippen molar-refractivity contribution in [2.75, 3.05) is 6.54 Å². The summed E-state index contributed by atoms with van der Waals surface area (Å²) in [6.07, 6.45) is 1.72. The van der Waals surface area contributed by atoms with E-state index in [1.807, 2.05) is 66.8 Å². The highest BCUT2D eigenvalue weighted by atomic mass is 79.9. The van der Waals surface area contributed by atoms with Gasteiger partial charge in [-0.3, -0.25) is 14.9 Å². The summed E-state index contributed by atoms with van der Waals surface area (Å²) in [6.45, 7) is 12.7. The Balaban J connectivity index is 0.00000342. The van der Waals surface area contributed by atoms with E-state index in [1.165, 1.54) is 0 Å². The molecule has 35 heavy (non-hydrogen) atoms. The predicted octanol–water partition coefficient (Wildman–Crippen LogP) is 5.38. The number of carbonyl (C=O) groups is 1. The summed E-state index contributed by atoms with van der Waals surface area (Å²) in [4.78, 5) is 19.9. The number of amidine groups is 1. The van der Waals surface area contributed by atoms with Crippen LogP contribution in [0.5, 0.6) is 5.75 Å². The molecule has 2 N–H and O–H groups in total. The molecule has 0 atom stereocenters. The van der Waals surface area contributed by atoms with Crippen molar-refractivity contribution < 1.29 is 9.90 Å². The van der Waals surface area contributed by atoms with Crippen molar-refractivity contribution in [1.82, 2.24) is 19.7 Å². The van der Waals surface area contributed by atoms with Gasteiger partial charge < -0.3 is 10.0 Å². The Morgan fingerprint density at radius 1 is 1.06 bits per heavy atom. The third kappa shape index (κ3) is 5.03. The minimum Gasteiger partial charge on any atom is -0.507 e. The monoisotopic (exact) mass is 539 g/mol. The van der Waals surface area contributed by atoms with E-state index < -0.39 is 0 Å². The third-order valence-corrected chi connectivity index (χ3v) is 6.35. The highest BCUT2D eigenvalue weighted by molar-refractivity contribution is 8.93. The van der Waals surface area contributed by atoms with E-state index >= 15 is 0 Å². The molecule has 0 saturated heterocycles. The molecule has 0 bridgehead atoms. The van der Waals surface area contributed by atoms with Gasteiger partial charge in [-0.25, -0.2) is 4.98 Å². The van der Waals surface area contributed by atoms with Gasteiger partial charge in [-0.05, 0) is 35.1 Å². The number of phenols is 1. The van der Waals surface area contributed by atoms with E-state index in [0.29, 0.717) is 17.8 Å². The number of Topliss-reactive ketones (excluding diaryl/α,β-unsaturated/α-hetero) is 1. The molecule has 3 aromatic rings. The van der Waals surface area contributed by atoms with Crippen LogP contribution in [0.1, 0.15) is 74.3 Å². The standard InChI is InChI=1S/C27H33N5O2.BrH/c1-26(2,3)18-12-17(13-19(24(18)34)27(4,5)6)22(33)15-32-14-16-8-9-20(30-23(16)25(32)28)21-10-11-29-31(21)7;/h8-13,28,34H,14-15H2,1-7H3;1H. The third-order valence-electron chi connectivity index (χ3n) is 6.35. The molecule has 0 amide bonds. The molecule has 2 aromatic heterocycles. The number of aromatic nitrogens is 3. The lowest BCUT2D eigenvalue weighted by molar-refractivity contribution is 0.0962. The zero-order chi connectivity index (χ0) is 25.0. The second-order valence-corrected chi connectivity index (χ2v) is 11.1. The summed E-state index contributed by atoms with van der Waals surface area (Å²) < 4.78 is 1.75. The van der Waals surface area contributed by atoms with Gasteiger partial charge in [-0.2, -0.15) is 5.10 Å². The maximum absolute atomic E-state index is 13.4. The topological polar surface area (TPSA) is 95.1 Å². The number of nitrogens with one attached hydrogen (secondary N) is 1. The second-order valence-electron chi connectivity index (χ2n) is 11.1. The van der Waals surface area contributed by atoms with Crippen LogP contribution in [0.3, 0.4) is 0 Å². The molecule has 186 valence electrons. The van der Waals surface area contributed by atoms with Crippen LogP contribution < -0.4 is 0 Å².